The Hall–Kier alpha value is -1.68. The van der Waals surface area contributed by atoms with Crippen LogP contribution in [0.15, 0.2) is 36.8 Å². The lowest BCUT2D eigenvalue weighted by Gasteiger charge is -2.15. The van der Waals surface area contributed by atoms with Gasteiger partial charge in [0.2, 0.25) is 0 Å². The zero-order valence-corrected chi connectivity index (χ0v) is 12.7. The summed E-state index contributed by atoms with van der Waals surface area (Å²) in [6.07, 6.45) is 13.1. The van der Waals surface area contributed by atoms with Crippen LogP contribution in [-0.4, -0.2) is 27.9 Å². The Bertz CT molecular complexity index is 543. The molecular weight excluding hydrogens is 260 g/mol. The highest BCUT2D eigenvalue weighted by Crippen LogP contribution is 2.28. The van der Waals surface area contributed by atoms with Gasteiger partial charge in [-0.2, -0.15) is 5.10 Å². The molecule has 2 aromatic rings. The van der Waals surface area contributed by atoms with Crippen LogP contribution < -0.4 is 5.32 Å². The Labute approximate surface area is 126 Å². The molecule has 112 valence electrons. The first-order valence-electron chi connectivity index (χ1n) is 7.95. The number of likely N-dealkylation sites (N-methyl/N-ethyl adjacent to an activating group) is 1. The van der Waals surface area contributed by atoms with Gasteiger partial charge in [0.15, 0.2) is 0 Å². The molecule has 0 bridgehead atoms. The fourth-order valence-electron chi connectivity index (χ4n) is 3.19. The average molecular weight is 284 g/mol. The summed E-state index contributed by atoms with van der Waals surface area (Å²) in [6.45, 7) is 0. The van der Waals surface area contributed by atoms with Crippen LogP contribution in [0.5, 0.6) is 0 Å². The maximum atomic E-state index is 4.78. The maximum Gasteiger partial charge on any atom is 0.0640 e. The maximum absolute atomic E-state index is 4.78. The van der Waals surface area contributed by atoms with Crippen molar-refractivity contribution >= 4 is 0 Å². The molecule has 0 aromatic carbocycles. The second kappa shape index (κ2) is 6.85. The van der Waals surface area contributed by atoms with E-state index in [4.69, 9.17) is 5.10 Å². The topological polar surface area (TPSA) is 42.7 Å². The van der Waals surface area contributed by atoms with Gasteiger partial charge in [-0.1, -0.05) is 18.9 Å². The number of nitrogens with one attached hydrogen (secondary N) is 1. The lowest BCUT2D eigenvalue weighted by atomic mass is 10.0. The molecule has 21 heavy (non-hydrogen) atoms. The molecule has 0 saturated heterocycles. The number of aromatic nitrogens is 3. The molecule has 4 nitrogen and oxygen atoms in total. The molecule has 2 aromatic heterocycles. The highest BCUT2D eigenvalue weighted by molar-refractivity contribution is 5.12. The van der Waals surface area contributed by atoms with E-state index >= 15 is 0 Å². The number of hydrogen-bond donors (Lipinski definition) is 1. The molecule has 1 aliphatic carbocycles. The van der Waals surface area contributed by atoms with Crippen molar-refractivity contribution in [2.75, 3.05) is 7.05 Å². The molecule has 1 saturated carbocycles. The lowest BCUT2D eigenvalue weighted by Crippen LogP contribution is -2.30. The normalized spacial score (nSPS) is 17.2. The van der Waals surface area contributed by atoms with Crippen molar-refractivity contribution in [1.82, 2.24) is 20.1 Å². The van der Waals surface area contributed by atoms with Gasteiger partial charge < -0.3 is 5.32 Å². The third kappa shape index (κ3) is 3.70. The largest absolute Gasteiger partial charge is 0.316 e. The third-order valence-corrected chi connectivity index (χ3v) is 4.43. The van der Waals surface area contributed by atoms with Gasteiger partial charge >= 0.3 is 0 Å². The van der Waals surface area contributed by atoms with E-state index in [-0.39, 0.29) is 0 Å². The van der Waals surface area contributed by atoms with Crippen molar-refractivity contribution in [2.45, 2.75) is 50.6 Å². The SMILES string of the molecule is CNC(Cc1cccnc1)Cc1ccn(C2CCCC2)n1. The fourth-order valence-corrected chi connectivity index (χ4v) is 3.19. The van der Waals surface area contributed by atoms with Crippen molar-refractivity contribution in [1.29, 1.82) is 0 Å². The van der Waals surface area contributed by atoms with E-state index < -0.39 is 0 Å². The summed E-state index contributed by atoms with van der Waals surface area (Å²) in [4.78, 5) is 4.19. The average Bonchev–Trinajstić information content (AvgIpc) is 3.18. The Balaban J connectivity index is 1.61. The predicted octanol–water partition coefficient (Wildman–Crippen LogP) is 2.77. The standard InChI is InChI=1S/C17H24N4/c1-18-16(11-14-5-4-9-19-13-14)12-15-8-10-21(20-15)17-6-2-3-7-17/h4-5,8-10,13,16-18H,2-3,6-7,11-12H2,1H3. The monoisotopic (exact) mass is 284 g/mol. The molecular formula is C17H24N4. The molecule has 1 N–H and O–H groups in total. The van der Waals surface area contributed by atoms with E-state index in [2.05, 4.69) is 33.3 Å². The quantitative estimate of drug-likeness (QED) is 0.887. The summed E-state index contributed by atoms with van der Waals surface area (Å²) < 4.78 is 2.18. The number of nitrogens with zero attached hydrogens (tertiary/aromatic N) is 3. The Morgan fingerprint density at radius 2 is 2.14 bits per heavy atom. The molecule has 2 heterocycles. The smallest absolute Gasteiger partial charge is 0.0640 e. The summed E-state index contributed by atoms with van der Waals surface area (Å²) in [5, 5.41) is 8.18. The molecule has 0 radical (unpaired) electrons. The van der Waals surface area contributed by atoms with E-state index in [1.165, 1.54) is 36.9 Å². The minimum atomic E-state index is 0.404. The first-order chi connectivity index (χ1) is 10.3. The van der Waals surface area contributed by atoms with Crippen LogP contribution in [0.25, 0.3) is 0 Å². The van der Waals surface area contributed by atoms with Gasteiger partial charge in [-0.3, -0.25) is 9.67 Å². The zero-order valence-electron chi connectivity index (χ0n) is 12.7. The summed E-state index contributed by atoms with van der Waals surface area (Å²) >= 11 is 0. The Morgan fingerprint density at radius 3 is 2.86 bits per heavy atom. The van der Waals surface area contributed by atoms with Gasteiger partial charge in [0.1, 0.15) is 0 Å². The van der Waals surface area contributed by atoms with E-state index in [0.29, 0.717) is 12.1 Å². The second-order valence-electron chi connectivity index (χ2n) is 5.98. The summed E-state index contributed by atoms with van der Waals surface area (Å²) in [5.41, 5.74) is 2.46. The van der Waals surface area contributed by atoms with Crippen molar-refractivity contribution in [3.8, 4) is 0 Å². The molecule has 1 aliphatic rings. The highest BCUT2D eigenvalue weighted by atomic mass is 15.3. The highest BCUT2D eigenvalue weighted by Gasteiger charge is 2.18. The van der Waals surface area contributed by atoms with Crippen LogP contribution in [0.2, 0.25) is 0 Å². The van der Waals surface area contributed by atoms with Crippen molar-refractivity contribution in [3.05, 3.63) is 48.0 Å². The van der Waals surface area contributed by atoms with Crippen molar-refractivity contribution in [2.24, 2.45) is 0 Å². The molecule has 4 heteroatoms. The Kier molecular flexibility index (Phi) is 4.65. The van der Waals surface area contributed by atoms with Crippen LogP contribution in [0, 0.1) is 0 Å². The van der Waals surface area contributed by atoms with Crippen LogP contribution in [0.3, 0.4) is 0 Å². The van der Waals surface area contributed by atoms with Crippen LogP contribution >= 0.6 is 0 Å². The molecule has 1 unspecified atom stereocenters. The summed E-state index contributed by atoms with van der Waals surface area (Å²) in [6, 6.07) is 7.34. The van der Waals surface area contributed by atoms with E-state index in [0.717, 1.165) is 12.8 Å². The van der Waals surface area contributed by atoms with Gasteiger partial charge in [-0.25, -0.2) is 0 Å². The van der Waals surface area contributed by atoms with Gasteiger partial charge in [0, 0.05) is 31.1 Å². The van der Waals surface area contributed by atoms with E-state index in [1.807, 2.05) is 25.5 Å². The van der Waals surface area contributed by atoms with Crippen LogP contribution in [-0.2, 0) is 12.8 Å². The van der Waals surface area contributed by atoms with Crippen LogP contribution in [0.4, 0.5) is 0 Å². The minimum absolute atomic E-state index is 0.404. The first-order valence-corrected chi connectivity index (χ1v) is 7.95. The zero-order chi connectivity index (χ0) is 14.5. The van der Waals surface area contributed by atoms with Gasteiger partial charge in [0.05, 0.1) is 11.7 Å². The molecule has 3 rings (SSSR count). The number of rotatable bonds is 6. The third-order valence-electron chi connectivity index (χ3n) is 4.43. The van der Waals surface area contributed by atoms with E-state index in [1.54, 1.807) is 0 Å². The van der Waals surface area contributed by atoms with Crippen molar-refractivity contribution < 1.29 is 0 Å². The molecule has 0 amide bonds. The van der Waals surface area contributed by atoms with Gasteiger partial charge in [-0.15, -0.1) is 0 Å². The number of pyridine rings is 1. The first kappa shape index (κ1) is 14.3. The molecule has 0 spiro atoms. The van der Waals surface area contributed by atoms with Gasteiger partial charge in [-0.05, 0) is 44.0 Å². The fraction of sp³-hybridized carbons (Fsp3) is 0.529. The molecule has 1 atom stereocenters. The minimum Gasteiger partial charge on any atom is -0.316 e. The molecule has 0 aliphatic heterocycles. The lowest BCUT2D eigenvalue weighted by molar-refractivity contribution is 0.457. The Morgan fingerprint density at radius 1 is 1.29 bits per heavy atom. The second-order valence-corrected chi connectivity index (χ2v) is 5.98. The predicted molar refractivity (Wildman–Crippen MR) is 84.2 cm³/mol. The summed E-state index contributed by atoms with van der Waals surface area (Å²) in [7, 11) is 2.02. The van der Waals surface area contributed by atoms with E-state index in [9.17, 15) is 0 Å². The molecule has 1 fully saturated rings. The van der Waals surface area contributed by atoms with Crippen LogP contribution in [0.1, 0.15) is 43.0 Å². The summed E-state index contributed by atoms with van der Waals surface area (Å²) in [5.74, 6) is 0. The number of hydrogen-bond acceptors (Lipinski definition) is 3. The van der Waals surface area contributed by atoms with Gasteiger partial charge in [0.25, 0.3) is 0 Å². The van der Waals surface area contributed by atoms with Crippen molar-refractivity contribution in [3.63, 3.8) is 0 Å².